The van der Waals surface area contributed by atoms with E-state index < -0.39 is 0 Å². The fraction of sp³-hybridized carbons (Fsp3) is 0.0492. The lowest BCUT2D eigenvalue weighted by molar-refractivity contribution is 0.662. The summed E-state index contributed by atoms with van der Waals surface area (Å²) in [6, 6.07) is 79.1. The van der Waals surface area contributed by atoms with Crippen LogP contribution in [0.25, 0.3) is 111 Å². The second-order valence-electron chi connectivity index (χ2n) is 17.3. The van der Waals surface area contributed by atoms with Gasteiger partial charge in [0.25, 0.3) is 0 Å². The first-order valence-corrected chi connectivity index (χ1v) is 21.8. The van der Waals surface area contributed by atoms with E-state index in [0.29, 0.717) is 5.82 Å². The summed E-state index contributed by atoms with van der Waals surface area (Å²) < 4.78 is 0. The Bertz CT molecular complexity index is 3560. The Morgan fingerprint density at radius 1 is 0.317 bits per heavy atom. The molecule has 0 N–H and O–H groups in total. The minimum Gasteiger partial charge on any atom is -0.228 e. The number of nitrogens with zero attached hydrogens (tertiary/aromatic N) is 2. The molecule has 11 aromatic rings. The minimum atomic E-state index is -0.114. The lowest BCUT2D eigenvalue weighted by Crippen LogP contribution is -2.16. The van der Waals surface area contributed by atoms with Gasteiger partial charge in [-0.1, -0.05) is 214 Å². The Kier molecular flexibility index (Phi) is 8.55. The van der Waals surface area contributed by atoms with Crippen molar-refractivity contribution in [3.05, 3.63) is 230 Å². The fourth-order valence-corrected chi connectivity index (χ4v) is 10.2. The molecule has 0 bridgehead atoms. The Hall–Kier alpha value is -7.94. The fourth-order valence-electron chi connectivity index (χ4n) is 10.2. The van der Waals surface area contributed by atoms with Gasteiger partial charge in [-0.15, -0.1) is 0 Å². The minimum absolute atomic E-state index is 0.114. The van der Waals surface area contributed by atoms with E-state index in [0.717, 1.165) is 33.6 Å². The molecule has 0 radical (unpaired) electrons. The van der Waals surface area contributed by atoms with Crippen LogP contribution in [-0.2, 0) is 5.41 Å². The first-order chi connectivity index (χ1) is 31.0. The van der Waals surface area contributed by atoms with Gasteiger partial charge in [-0.2, -0.15) is 0 Å². The third kappa shape index (κ3) is 6.17. The molecule has 1 aromatic heterocycles. The van der Waals surface area contributed by atoms with Crippen LogP contribution in [0.4, 0.5) is 0 Å². The first-order valence-electron chi connectivity index (χ1n) is 21.8. The van der Waals surface area contributed by atoms with Crippen molar-refractivity contribution in [2.45, 2.75) is 19.3 Å². The standard InChI is InChI=1S/C61H42N2/c1-61(2)55-25-11-10-22-51(55)53-24-13-23-50(59(53)61)45-18-12-19-47(36-45)57-38-56(62-60(63-57)44-15-4-3-5-16-44)42-30-26-39(27-31-42)40-28-32-43(33-29-40)58-49-21-9-7-17-46(49)37-54-48-20-8-6-14-41(48)34-35-52(54)58/h3-38H,1-2H3. The molecule has 0 saturated heterocycles. The molecule has 10 aromatic carbocycles. The van der Waals surface area contributed by atoms with Crippen LogP contribution in [0.3, 0.4) is 0 Å². The predicted octanol–water partition coefficient (Wildman–Crippen LogP) is 16.2. The van der Waals surface area contributed by atoms with Gasteiger partial charge in [0.15, 0.2) is 5.82 Å². The predicted molar refractivity (Wildman–Crippen MR) is 265 cm³/mol. The summed E-state index contributed by atoms with van der Waals surface area (Å²) in [5.41, 5.74) is 17.4. The lowest BCUT2D eigenvalue weighted by Gasteiger charge is -2.24. The smallest absolute Gasteiger partial charge is 0.160 e. The second-order valence-corrected chi connectivity index (χ2v) is 17.3. The zero-order valence-corrected chi connectivity index (χ0v) is 35.2. The van der Waals surface area contributed by atoms with Crippen LogP contribution < -0.4 is 0 Å². The van der Waals surface area contributed by atoms with Gasteiger partial charge in [0.2, 0.25) is 0 Å². The van der Waals surface area contributed by atoms with Gasteiger partial charge in [0, 0.05) is 22.1 Å². The van der Waals surface area contributed by atoms with Crippen molar-refractivity contribution >= 4 is 32.3 Å². The number of rotatable bonds is 6. The highest BCUT2D eigenvalue weighted by Crippen LogP contribution is 2.52. The molecule has 0 saturated carbocycles. The maximum Gasteiger partial charge on any atom is 0.160 e. The summed E-state index contributed by atoms with van der Waals surface area (Å²) in [6.45, 7) is 4.70. The molecule has 12 rings (SSSR count). The molecule has 0 amide bonds. The van der Waals surface area contributed by atoms with Gasteiger partial charge in [-0.05, 0) is 106 Å². The van der Waals surface area contributed by atoms with Gasteiger partial charge in [-0.3, -0.25) is 0 Å². The molecule has 63 heavy (non-hydrogen) atoms. The van der Waals surface area contributed by atoms with Gasteiger partial charge in [0.05, 0.1) is 11.4 Å². The van der Waals surface area contributed by atoms with E-state index in [1.807, 2.05) is 18.2 Å². The number of hydrogen-bond acceptors (Lipinski definition) is 2. The van der Waals surface area contributed by atoms with E-state index in [2.05, 4.69) is 214 Å². The van der Waals surface area contributed by atoms with Crippen molar-refractivity contribution < 1.29 is 0 Å². The maximum atomic E-state index is 5.21. The highest BCUT2D eigenvalue weighted by Gasteiger charge is 2.37. The number of aromatic nitrogens is 2. The number of hydrogen-bond donors (Lipinski definition) is 0. The molecule has 1 aliphatic rings. The zero-order chi connectivity index (χ0) is 42.1. The summed E-state index contributed by atoms with van der Waals surface area (Å²) in [4.78, 5) is 10.4. The van der Waals surface area contributed by atoms with Crippen LogP contribution >= 0.6 is 0 Å². The van der Waals surface area contributed by atoms with Crippen LogP contribution in [-0.4, -0.2) is 9.97 Å². The molecular formula is C61H42N2. The van der Waals surface area contributed by atoms with Gasteiger partial charge >= 0.3 is 0 Å². The SMILES string of the molecule is CC1(C)c2ccccc2-c2cccc(-c3cccc(-c4cc(-c5ccc(-c6ccc(-c7c8ccccc8cc8c7ccc7ccccc78)cc6)cc5)nc(-c5ccccc5)n4)c3)c21. The highest BCUT2D eigenvalue weighted by molar-refractivity contribution is 6.20. The monoisotopic (exact) mass is 802 g/mol. The summed E-state index contributed by atoms with van der Waals surface area (Å²) in [5.74, 6) is 0.708. The van der Waals surface area contributed by atoms with E-state index in [1.165, 1.54) is 82.4 Å². The Morgan fingerprint density at radius 3 is 1.68 bits per heavy atom. The number of fused-ring (bicyclic) bond motifs is 7. The van der Waals surface area contributed by atoms with E-state index >= 15 is 0 Å². The maximum absolute atomic E-state index is 5.21. The van der Waals surface area contributed by atoms with Crippen molar-refractivity contribution in [3.63, 3.8) is 0 Å². The van der Waals surface area contributed by atoms with E-state index in [9.17, 15) is 0 Å². The van der Waals surface area contributed by atoms with E-state index in [-0.39, 0.29) is 5.41 Å². The summed E-state index contributed by atoms with van der Waals surface area (Å²) >= 11 is 0. The van der Waals surface area contributed by atoms with Gasteiger partial charge < -0.3 is 0 Å². The molecule has 0 unspecified atom stereocenters. The Balaban J connectivity index is 0.905. The summed E-state index contributed by atoms with van der Waals surface area (Å²) in [5, 5.41) is 7.62. The van der Waals surface area contributed by atoms with Crippen LogP contribution in [0, 0.1) is 0 Å². The average Bonchev–Trinajstić information content (AvgIpc) is 3.59. The van der Waals surface area contributed by atoms with Crippen molar-refractivity contribution in [3.8, 4) is 78.4 Å². The normalized spacial score (nSPS) is 12.7. The highest BCUT2D eigenvalue weighted by atomic mass is 14.9. The first kappa shape index (κ1) is 36.9. The summed E-state index contributed by atoms with van der Waals surface area (Å²) in [6.07, 6.45) is 0. The van der Waals surface area contributed by atoms with Crippen molar-refractivity contribution in [1.29, 1.82) is 0 Å². The third-order valence-electron chi connectivity index (χ3n) is 13.3. The van der Waals surface area contributed by atoms with Crippen molar-refractivity contribution in [2.75, 3.05) is 0 Å². The van der Waals surface area contributed by atoms with E-state index in [1.54, 1.807) is 0 Å². The Morgan fingerprint density at radius 2 is 0.889 bits per heavy atom. The van der Waals surface area contributed by atoms with Gasteiger partial charge in [-0.25, -0.2) is 9.97 Å². The van der Waals surface area contributed by atoms with Crippen LogP contribution in [0.5, 0.6) is 0 Å². The average molecular weight is 803 g/mol. The third-order valence-corrected chi connectivity index (χ3v) is 13.3. The quantitative estimate of drug-likeness (QED) is 0.124. The molecule has 0 fully saturated rings. The van der Waals surface area contributed by atoms with Crippen LogP contribution in [0.15, 0.2) is 218 Å². The number of benzene rings is 10. The zero-order valence-electron chi connectivity index (χ0n) is 35.2. The van der Waals surface area contributed by atoms with Crippen LogP contribution in [0.2, 0.25) is 0 Å². The molecule has 296 valence electrons. The lowest BCUT2D eigenvalue weighted by atomic mass is 9.78. The molecule has 2 heteroatoms. The molecular weight excluding hydrogens is 761 g/mol. The van der Waals surface area contributed by atoms with Crippen molar-refractivity contribution in [1.82, 2.24) is 9.97 Å². The molecule has 1 aliphatic carbocycles. The van der Waals surface area contributed by atoms with Gasteiger partial charge in [0.1, 0.15) is 0 Å². The molecule has 0 atom stereocenters. The molecule has 2 nitrogen and oxygen atoms in total. The Labute approximate surface area is 367 Å². The molecule has 0 spiro atoms. The topological polar surface area (TPSA) is 25.8 Å². The molecule has 1 heterocycles. The molecule has 0 aliphatic heterocycles. The van der Waals surface area contributed by atoms with Crippen molar-refractivity contribution in [2.24, 2.45) is 0 Å². The largest absolute Gasteiger partial charge is 0.228 e. The van der Waals surface area contributed by atoms with E-state index in [4.69, 9.17) is 9.97 Å². The second kappa shape index (κ2) is 14.6. The summed E-state index contributed by atoms with van der Waals surface area (Å²) in [7, 11) is 0. The van der Waals surface area contributed by atoms with Crippen LogP contribution in [0.1, 0.15) is 25.0 Å².